The molecule has 0 fully saturated rings. The zero-order valence-corrected chi connectivity index (χ0v) is 16.5. The second-order valence-corrected chi connectivity index (χ2v) is 7.16. The minimum absolute atomic E-state index is 0.452. The molecule has 8 nitrogen and oxygen atoms in total. The molecule has 0 aliphatic heterocycles. The fraction of sp³-hybridized carbons (Fsp3) is 0.211. The molecule has 0 aliphatic rings. The number of aromatic nitrogens is 4. The summed E-state index contributed by atoms with van der Waals surface area (Å²) in [5.41, 5.74) is 3.64. The van der Waals surface area contributed by atoms with Crippen molar-refractivity contribution in [3.63, 3.8) is 0 Å². The van der Waals surface area contributed by atoms with E-state index in [-0.39, 0.29) is 0 Å². The Kier molecular flexibility index (Phi) is 6.05. The predicted octanol–water partition coefficient (Wildman–Crippen LogP) is 2.57. The van der Waals surface area contributed by atoms with Crippen molar-refractivity contribution in [2.45, 2.75) is 24.3 Å². The highest BCUT2D eigenvalue weighted by Crippen LogP contribution is 2.35. The van der Waals surface area contributed by atoms with E-state index in [1.54, 1.807) is 4.68 Å². The Hall–Kier alpha value is -3.20. The number of hydrogen-bond acceptors (Lipinski definition) is 6. The van der Waals surface area contributed by atoms with Crippen LogP contribution in [-0.4, -0.2) is 39.2 Å². The lowest BCUT2D eigenvalue weighted by molar-refractivity contribution is -0.119. The van der Waals surface area contributed by atoms with Gasteiger partial charge in [-0.1, -0.05) is 60.3 Å². The predicted molar refractivity (Wildman–Crippen MR) is 106 cm³/mol. The van der Waals surface area contributed by atoms with Crippen molar-refractivity contribution in [2.24, 2.45) is 0 Å². The van der Waals surface area contributed by atoms with Gasteiger partial charge in [-0.3, -0.25) is 10.1 Å². The van der Waals surface area contributed by atoms with Crippen molar-refractivity contribution in [3.8, 4) is 5.69 Å². The van der Waals surface area contributed by atoms with E-state index in [0.717, 1.165) is 22.4 Å². The summed E-state index contributed by atoms with van der Waals surface area (Å²) in [5.74, 6) is -0.452. The molecule has 1 atom stereocenters. The van der Waals surface area contributed by atoms with Gasteiger partial charge in [0.2, 0.25) is 11.1 Å². The number of carbonyl (C=O) groups excluding carboxylic acids is 2. The van der Waals surface area contributed by atoms with E-state index in [1.807, 2.05) is 62.4 Å². The van der Waals surface area contributed by atoms with E-state index in [4.69, 9.17) is 0 Å². The van der Waals surface area contributed by atoms with Gasteiger partial charge in [0.05, 0.1) is 5.69 Å². The summed E-state index contributed by atoms with van der Waals surface area (Å²) in [6.45, 7) is 3.96. The van der Waals surface area contributed by atoms with Gasteiger partial charge in [0.1, 0.15) is 5.25 Å². The molecule has 0 aliphatic carbocycles. The van der Waals surface area contributed by atoms with Crippen molar-refractivity contribution >= 4 is 23.7 Å². The lowest BCUT2D eigenvalue weighted by Crippen LogP contribution is -2.39. The van der Waals surface area contributed by atoms with Crippen molar-refractivity contribution in [1.29, 1.82) is 0 Å². The van der Waals surface area contributed by atoms with Crippen molar-refractivity contribution in [1.82, 2.24) is 30.8 Å². The maximum Gasteiger partial charge on any atom is 0.321 e. The highest BCUT2D eigenvalue weighted by molar-refractivity contribution is 8.00. The number of hydrogen-bond donors (Lipinski definition) is 2. The second-order valence-electron chi connectivity index (χ2n) is 6.09. The van der Waals surface area contributed by atoms with Crippen LogP contribution in [0.15, 0.2) is 53.7 Å². The number of tetrazole rings is 1. The van der Waals surface area contributed by atoms with E-state index in [1.165, 1.54) is 18.8 Å². The number of urea groups is 1. The topological polar surface area (TPSA) is 102 Å². The summed E-state index contributed by atoms with van der Waals surface area (Å²) in [6, 6.07) is 14.5. The summed E-state index contributed by atoms with van der Waals surface area (Å²) in [6.07, 6.45) is 0. The lowest BCUT2D eigenvalue weighted by atomic mass is 10.1. The summed E-state index contributed by atoms with van der Waals surface area (Å²) in [7, 11) is 1.45. The number of rotatable bonds is 5. The van der Waals surface area contributed by atoms with Crippen molar-refractivity contribution in [3.05, 3.63) is 65.2 Å². The number of nitrogens with zero attached hydrogens (tertiary/aromatic N) is 4. The minimum atomic E-state index is -0.701. The Morgan fingerprint density at radius 3 is 2.36 bits per heavy atom. The molecule has 28 heavy (non-hydrogen) atoms. The maximum absolute atomic E-state index is 12.8. The number of imide groups is 1. The summed E-state index contributed by atoms with van der Waals surface area (Å²) in [5, 5.41) is 16.5. The highest BCUT2D eigenvalue weighted by Gasteiger charge is 2.27. The molecule has 0 radical (unpaired) electrons. The first-order chi connectivity index (χ1) is 13.5. The Balaban J connectivity index is 1.98. The first kappa shape index (κ1) is 19.6. The van der Waals surface area contributed by atoms with Crippen LogP contribution in [0.3, 0.4) is 0 Å². The van der Waals surface area contributed by atoms with Crippen LogP contribution in [0.4, 0.5) is 4.79 Å². The van der Waals surface area contributed by atoms with E-state index in [2.05, 4.69) is 26.2 Å². The van der Waals surface area contributed by atoms with Crippen LogP contribution in [0.2, 0.25) is 0 Å². The molecule has 1 heterocycles. The molecule has 3 amide bonds. The van der Waals surface area contributed by atoms with Gasteiger partial charge in [0.15, 0.2) is 0 Å². The standard InChI is InChI=1S/C19H20N6O2S/c1-12-8-7-9-13(2)15(12)25-19(22-23-24-25)28-16(14-10-5-4-6-11-14)17(26)21-18(27)20-3/h4-11,16H,1-3H3,(H2,20,21,26,27)/t16-/m0/s1. The third-order valence-electron chi connectivity index (χ3n) is 4.12. The van der Waals surface area contributed by atoms with Gasteiger partial charge >= 0.3 is 6.03 Å². The maximum atomic E-state index is 12.8. The Morgan fingerprint density at radius 2 is 1.71 bits per heavy atom. The van der Waals surface area contributed by atoms with Crippen LogP contribution < -0.4 is 10.6 Å². The van der Waals surface area contributed by atoms with Crippen LogP contribution in [0.5, 0.6) is 0 Å². The molecule has 2 aromatic carbocycles. The van der Waals surface area contributed by atoms with Crippen molar-refractivity contribution in [2.75, 3.05) is 7.05 Å². The normalized spacial score (nSPS) is 11.7. The number of carbonyl (C=O) groups is 2. The number of para-hydroxylation sites is 1. The molecule has 0 spiro atoms. The van der Waals surface area contributed by atoms with Gasteiger partial charge in [-0.15, -0.1) is 5.10 Å². The fourth-order valence-electron chi connectivity index (χ4n) is 2.78. The molecule has 9 heteroatoms. The molecule has 3 aromatic rings. The molecule has 0 unspecified atom stereocenters. The largest absolute Gasteiger partial charge is 0.341 e. The fourth-order valence-corrected chi connectivity index (χ4v) is 3.76. The number of benzene rings is 2. The minimum Gasteiger partial charge on any atom is -0.341 e. The summed E-state index contributed by atoms with van der Waals surface area (Å²) < 4.78 is 1.62. The third kappa shape index (κ3) is 4.20. The average molecular weight is 396 g/mol. The molecule has 144 valence electrons. The number of thioether (sulfide) groups is 1. The lowest BCUT2D eigenvalue weighted by Gasteiger charge is -2.16. The number of nitrogens with one attached hydrogen (secondary N) is 2. The van der Waals surface area contributed by atoms with Crippen LogP contribution >= 0.6 is 11.8 Å². The number of aryl methyl sites for hydroxylation is 2. The van der Waals surface area contributed by atoms with Crippen LogP contribution in [0.25, 0.3) is 5.69 Å². The Labute approximate surface area is 166 Å². The van der Waals surface area contributed by atoms with Gasteiger partial charge in [0, 0.05) is 7.05 Å². The highest BCUT2D eigenvalue weighted by atomic mass is 32.2. The van der Waals surface area contributed by atoms with Gasteiger partial charge < -0.3 is 5.32 Å². The molecule has 0 saturated carbocycles. The number of amides is 3. The van der Waals surface area contributed by atoms with Crippen LogP contribution in [-0.2, 0) is 4.79 Å². The third-order valence-corrected chi connectivity index (χ3v) is 5.31. The van der Waals surface area contributed by atoms with E-state index >= 15 is 0 Å². The molecular formula is C19H20N6O2S. The average Bonchev–Trinajstić information content (AvgIpc) is 3.14. The Bertz CT molecular complexity index is 969. The summed E-state index contributed by atoms with van der Waals surface area (Å²) in [4.78, 5) is 24.4. The SMILES string of the molecule is CNC(=O)NC(=O)[C@@H](Sc1nnnn1-c1c(C)cccc1C)c1ccccc1. The monoisotopic (exact) mass is 396 g/mol. The zero-order valence-electron chi connectivity index (χ0n) is 15.7. The second kappa shape index (κ2) is 8.66. The first-order valence-electron chi connectivity index (χ1n) is 8.60. The molecule has 1 aromatic heterocycles. The van der Waals surface area contributed by atoms with E-state index in [9.17, 15) is 9.59 Å². The van der Waals surface area contributed by atoms with Gasteiger partial charge in [0.25, 0.3) is 0 Å². The quantitative estimate of drug-likeness (QED) is 0.643. The van der Waals surface area contributed by atoms with Gasteiger partial charge in [-0.25, -0.2) is 4.79 Å². The van der Waals surface area contributed by atoms with Gasteiger partial charge in [-0.05, 0) is 41.0 Å². The summed E-state index contributed by atoms with van der Waals surface area (Å²) >= 11 is 1.18. The van der Waals surface area contributed by atoms with Crippen molar-refractivity contribution < 1.29 is 9.59 Å². The molecular weight excluding hydrogens is 376 g/mol. The Morgan fingerprint density at radius 1 is 1.04 bits per heavy atom. The molecule has 0 bridgehead atoms. The molecule has 3 rings (SSSR count). The zero-order chi connectivity index (χ0) is 20.1. The molecule has 2 N–H and O–H groups in total. The van der Waals surface area contributed by atoms with E-state index in [0.29, 0.717) is 5.16 Å². The first-order valence-corrected chi connectivity index (χ1v) is 9.48. The molecule has 0 saturated heterocycles. The van der Waals surface area contributed by atoms with E-state index < -0.39 is 17.2 Å². The van der Waals surface area contributed by atoms with Crippen LogP contribution in [0, 0.1) is 13.8 Å². The van der Waals surface area contributed by atoms with Gasteiger partial charge in [-0.2, -0.15) is 4.68 Å². The smallest absolute Gasteiger partial charge is 0.321 e. The van der Waals surface area contributed by atoms with Crippen LogP contribution in [0.1, 0.15) is 21.9 Å².